The minimum atomic E-state index is -0.430. The number of anilines is 1. The fourth-order valence-electron chi connectivity index (χ4n) is 2.86. The van der Waals surface area contributed by atoms with Crippen molar-refractivity contribution < 1.29 is 9.18 Å². The van der Waals surface area contributed by atoms with Crippen molar-refractivity contribution in [2.24, 2.45) is 0 Å². The molecule has 1 aromatic heterocycles. The predicted octanol–water partition coefficient (Wildman–Crippen LogP) is 5.42. The Kier molecular flexibility index (Phi) is 7.78. The van der Waals surface area contributed by atoms with Crippen LogP contribution < -0.4 is 4.90 Å². The second kappa shape index (κ2) is 9.65. The van der Waals surface area contributed by atoms with Crippen LogP contribution in [0, 0.1) is 12.7 Å². The fourth-order valence-corrected chi connectivity index (χ4v) is 4.31. The van der Waals surface area contributed by atoms with Gasteiger partial charge in [0.05, 0.1) is 10.2 Å². The number of aromatic nitrogens is 1. The standard InChI is InChI=1S/C20H21ClFN3OS.ClH/c1-13-10-15(21)12-17-18(13)23-20(27-17)25(9-5-8-24(2)3)19(26)14-6-4-7-16(22)11-14;/h4,6-7,10-12H,5,8-9H2,1-3H3;1H. The molecular formula is C20H22Cl2FN3OS. The first kappa shape index (κ1) is 22.6. The van der Waals surface area contributed by atoms with E-state index in [1.807, 2.05) is 33.2 Å². The Morgan fingerprint density at radius 2 is 1.96 bits per heavy atom. The van der Waals surface area contributed by atoms with Gasteiger partial charge in [-0.25, -0.2) is 9.37 Å². The molecule has 0 aliphatic rings. The third-order valence-electron chi connectivity index (χ3n) is 4.17. The zero-order valence-corrected chi connectivity index (χ0v) is 18.3. The molecule has 0 aliphatic carbocycles. The maximum Gasteiger partial charge on any atom is 0.260 e. The summed E-state index contributed by atoms with van der Waals surface area (Å²) in [5.41, 5.74) is 2.12. The monoisotopic (exact) mass is 441 g/mol. The first-order valence-corrected chi connectivity index (χ1v) is 9.83. The van der Waals surface area contributed by atoms with Crippen LogP contribution in [0.25, 0.3) is 10.2 Å². The zero-order valence-electron chi connectivity index (χ0n) is 15.9. The van der Waals surface area contributed by atoms with Crippen molar-refractivity contribution in [2.45, 2.75) is 13.3 Å². The number of fused-ring (bicyclic) bond motifs is 1. The molecule has 0 bridgehead atoms. The quantitative estimate of drug-likeness (QED) is 0.512. The van der Waals surface area contributed by atoms with Crippen LogP contribution >= 0.6 is 35.3 Å². The second-order valence-corrected chi connectivity index (χ2v) is 8.14. The van der Waals surface area contributed by atoms with E-state index in [0.29, 0.717) is 22.3 Å². The van der Waals surface area contributed by atoms with Crippen molar-refractivity contribution >= 4 is 56.6 Å². The molecule has 0 aliphatic heterocycles. The molecule has 2 aromatic carbocycles. The fraction of sp³-hybridized carbons (Fsp3) is 0.300. The molecule has 4 nitrogen and oxygen atoms in total. The molecule has 8 heteroatoms. The number of hydrogen-bond donors (Lipinski definition) is 0. The van der Waals surface area contributed by atoms with Gasteiger partial charge in [-0.05, 0) is 69.9 Å². The van der Waals surface area contributed by atoms with Gasteiger partial charge in [0, 0.05) is 17.1 Å². The van der Waals surface area contributed by atoms with E-state index in [4.69, 9.17) is 11.6 Å². The molecule has 150 valence electrons. The number of aryl methyl sites for hydroxylation is 1. The molecular weight excluding hydrogens is 420 g/mol. The summed E-state index contributed by atoms with van der Waals surface area (Å²) in [5.74, 6) is -0.683. The third-order valence-corrected chi connectivity index (χ3v) is 5.42. The average Bonchev–Trinajstić information content (AvgIpc) is 3.02. The highest BCUT2D eigenvalue weighted by Gasteiger charge is 2.22. The minimum Gasteiger partial charge on any atom is -0.309 e. The van der Waals surface area contributed by atoms with Crippen LogP contribution in [0.15, 0.2) is 36.4 Å². The molecule has 0 fully saturated rings. The molecule has 0 radical (unpaired) electrons. The molecule has 0 unspecified atom stereocenters. The summed E-state index contributed by atoms with van der Waals surface area (Å²) in [6.07, 6.45) is 0.781. The molecule has 1 amide bonds. The zero-order chi connectivity index (χ0) is 19.6. The van der Waals surface area contributed by atoms with Gasteiger partial charge >= 0.3 is 0 Å². The van der Waals surface area contributed by atoms with Gasteiger partial charge in [-0.3, -0.25) is 9.69 Å². The molecule has 3 aromatic rings. The van der Waals surface area contributed by atoms with Crippen molar-refractivity contribution in [1.29, 1.82) is 0 Å². The van der Waals surface area contributed by atoms with Crippen LogP contribution in [0.1, 0.15) is 22.3 Å². The van der Waals surface area contributed by atoms with Gasteiger partial charge in [0.1, 0.15) is 5.82 Å². The topological polar surface area (TPSA) is 36.4 Å². The van der Waals surface area contributed by atoms with Crippen LogP contribution in [-0.2, 0) is 0 Å². The Morgan fingerprint density at radius 3 is 2.64 bits per heavy atom. The van der Waals surface area contributed by atoms with Crippen LogP contribution in [-0.4, -0.2) is 43.0 Å². The predicted molar refractivity (Wildman–Crippen MR) is 118 cm³/mol. The van der Waals surface area contributed by atoms with E-state index in [-0.39, 0.29) is 18.3 Å². The number of rotatable bonds is 6. The van der Waals surface area contributed by atoms with Gasteiger partial charge in [-0.2, -0.15) is 0 Å². The third kappa shape index (κ3) is 5.20. The van der Waals surface area contributed by atoms with E-state index in [1.165, 1.54) is 23.5 Å². The molecule has 0 spiro atoms. The first-order valence-electron chi connectivity index (χ1n) is 8.64. The van der Waals surface area contributed by atoms with Crippen LogP contribution in [0.5, 0.6) is 0 Å². The van der Waals surface area contributed by atoms with E-state index in [0.717, 1.165) is 28.7 Å². The number of benzene rings is 2. The first-order chi connectivity index (χ1) is 12.8. The van der Waals surface area contributed by atoms with Gasteiger partial charge < -0.3 is 4.90 Å². The van der Waals surface area contributed by atoms with E-state index in [9.17, 15) is 9.18 Å². The highest BCUT2D eigenvalue weighted by atomic mass is 35.5. The van der Waals surface area contributed by atoms with Gasteiger partial charge in [0.2, 0.25) is 0 Å². The van der Waals surface area contributed by atoms with E-state index in [2.05, 4.69) is 9.88 Å². The van der Waals surface area contributed by atoms with Gasteiger partial charge in [0.25, 0.3) is 5.91 Å². The summed E-state index contributed by atoms with van der Waals surface area (Å²) < 4.78 is 14.5. The molecule has 3 rings (SSSR count). The average molecular weight is 442 g/mol. The number of hydrogen-bond acceptors (Lipinski definition) is 4. The SMILES string of the molecule is Cc1cc(Cl)cc2sc(N(CCCN(C)C)C(=O)c3cccc(F)c3)nc12.Cl. The summed E-state index contributed by atoms with van der Waals surface area (Å²) in [6.45, 7) is 3.28. The number of amides is 1. The van der Waals surface area contributed by atoms with Crippen molar-refractivity contribution in [2.75, 3.05) is 32.1 Å². The highest BCUT2D eigenvalue weighted by molar-refractivity contribution is 7.22. The molecule has 0 atom stereocenters. The Labute approximate surface area is 179 Å². The van der Waals surface area contributed by atoms with Crippen LogP contribution in [0.2, 0.25) is 5.02 Å². The van der Waals surface area contributed by atoms with Crippen LogP contribution in [0.3, 0.4) is 0 Å². The van der Waals surface area contributed by atoms with E-state index >= 15 is 0 Å². The second-order valence-electron chi connectivity index (χ2n) is 6.69. The molecule has 28 heavy (non-hydrogen) atoms. The van der Waals surface area contributed by atoms with E-state index in [1.54, 1.807) is 17.0 Å². The Morgan fingerprint density at radius 1 is 1.21 bits per heavy atom. The molecule has 0 saturated carbocycles. The largest absolute Gasteiger partial charge is 0.309 e. The number of thiazole rings is 1. The van der Waals surface area contributed by atoms with Crippen molar-refractivity contribution in [3.8, 4) is 0 Å². The van der Waals surface area contributed by atoms with Crippen molar-refractivity contribution in [1.82, 2.24) is 9.88 Å². The van der Waals surface area contributed by atoms with Gasteiger partial charge in [-0.1, -0.05) is 29.0 Å². The summed E-state index contributed by atoms with van der Waals surface area (Å²) in [4.78, 5) is 21.5. The maximum absolute atomic E-state index is 13.6. The lowest BCUT2D eigenvalue weighted by atomic mass is 10.2. The summed E-state index contributed by atoms with van der Waals surface area (Å²) in [5, 5.41) is 1.24. The highest BCUT2D eigenvalue weighted by Crippen LogP contribution is 2.33. The van der Waals surface area contributed by atoms with Crippen molar-refractivity contribution in [3.05, 3.63) is 58.4 Å². The summed E-state index contributed by atoms with van der Waals surface area (Å²) in [6, 6.07) is 9.48. The minimum absolute atomic E-state index is 0. The summed E-state index contributed by atoms with van der Waals surface area (Å²) in [7, 11) is 3.98. The van der Waals surface area contributed by atoms with Gasteiger partial charge in [-0.15, -0.1) is 12.4 Å². The Bertz CT molecular complexity index is 977. The molecule has 0 saturated heterocycles. The normalized spacial score (nSPS) is 10.9. The van der Waals surface area contributed by atoms with Crippen molar-refractivity contribution in [3.63, 3.8) is 0 Å². The lowest BCUT2D eigenvalue weighted by Crippen LogP contribution is -2.33. The number of carbonyl (C=O) groups is 1. The van der Waals surface area contributed by atoms with E-state index < -0.39 is 5.82 Å². The maximum atomic E-state index is 13.6. The van der Waals surface area contributed by atoms with Crippen LogP contribution in [0.4, 0.5) is 9.52 Å². The number of carbonyl (C=O) groups excluding carboxylic acids is 1. The Hall–Kier alpha value is -1.73. The lowest BCUT2D eigenvalue weighted by Gasteiger charge is -2.21. The molecule has 1 heterocycles. The number of nitrogens with zero attached hydrogens (tertiary/aromatic N) is 3. The lowest BCUT2D eigenvalue weighted by molar-refractivity contribution is 0.0985. The molecule has 0 N–H and O–H groups in total. The van der Waals surface area contributed by atoms with Gasteiger partial charge in [0.15, 0.2) is 5.13 Å². The number of halogens is 3. The smallest absolute Gasteiger partial charge is 0.260 e. The summed E-state index contributed by atoms with van der Waals surface area (Å²) >= 11 is 7.58. The Balaban J connectivity index is 0.00000280.